The smallest absolute Gasteiger partial charge is 0.314 e. The van der Waals surface area contributed by atoms with Crippen molar-refractivity contribution in [1.82, 2.24) is 15.1 Å². The Balaban J connectivity index is 1.54. The van der Waals surface area contributed by atoms with Crippen molar-refractivity contribution in [3.63, 3.8) is 0 Å². The van der Waals surface area contributed by atoms with E-state index in [4.69, 9.17) is 4.74 Å². The number of piperidine rings is 1. The van der Waals surface area contributed by atoms with Crippen LogP contribution in [0.2, 0.25) is 0 Å². The second-order valence-electron chi connectivity index (χ2n) is 8.23. The molecule has 0 bridgehead atoms. The van der Waals surface area contributed by atoms with E-state index in [-0.39, 0.29) is 11.9 Å². The summed E-state index contributed by atoms with van der Waals surface area (Å²) in [5.41, 5.74) is 3.04. The van der Waals surface area contributed by atoms with Gasteiger partial charge in [-0.05, 0) is 51.0 Å². The number of rotatable bonds is 6. The predicted octanol–water partition coefficient (Wildman–Crippen LogP) is 3.79. The SMILES string of the molecule is CCOC(=O)C1(C/C=C/c2ccccc2)CCCN(C(=O)c2n[nH]c3c2CCC3)C1. The van der Waals surface area contributed by atoms with Crippen molar-refractivity contribution in [2.75, 3.05) is 19.7 Å². The van der Waals surface area contributed by atoms with Gasteiger partial charge in [0.25, 0.3) is 5.91 Å². The molecule has 1 N–H and O–H groups in total. The number of aromatic amines is 1. The second-order valence-corrected chi connectivity index (χ2v) is 8.23. The number of benzene rings is 1. The summed E-state index contributed by atoms with van der Waals surface area (Å²) in [4.78, 5) is 28.0. The lowest BCUT2D eigenvalue weighted by Crippen LogP contribution is -2.50. The van der Waals surface area contributed by atoms with Gasteiger partial charge in [-0.2, -0.15) is 5.10 Å². The van der Waals surface area contributed by atoms with E-state index < -0.39 is 5.41 Å². The van der Waals surface area contributed by atoms with E-state index in [1.54, 1.807) is 4.90 Å². The van der Waals surface area contributed by atoms with Crippen molar-refractivity contribution in [1.29, 1.82) is 0 Å². The minimum absolute atomic E-state index is 0.0742. The first kappa shape index (κ1) is 20.4. The molecule has 6 heteroatoms. The van der Waals surface area contributed by atoms with Crippen LogP contribution in [0, 0.1) is 5.41 Å². The normalized spacial score (nSPS) is 21.0. The maximum absolute atomic E-state index is 13.3. The molecule has 1 aliphatic carbocycles. The number of carbonyl (C=O) groups excluding carboxylic acids is 2. The Morgan fingerprint density at radius 1 is 1.23 bits per heavy atom. The van der Waals surface area contributed by atoms with E-state index in [0.717, 1.165) is 42.5 Å². The van der Waals surface area contributed by atoms with Crippen LogP contribution < -0.4 is 0 Å². The molecule has 1 atom stereocenters. The standard InChI is InChI=1S/C24H29N3O3/c1-2-30-23(29)24(14-7-11-18-9-4-3-5-10-18)15-8-16-27(17-24)22(28)21-19-12-6-13-20(19)25-26-21/h3-5,7,9-11H,2,6,8,12-17H2,1H3,(H,25,26)/b11-7+. The molecule has 1 saturated heterocycles. The number of H-pyrrole nitrogens is 1. The van der Waals surface area contributed by atoms with Gasteiger partial charge in [0.05, 0.1) is 12.0 Å². The van der Waals surface area contributed by atoms with Crippen molar-refractivity contribution >= 4 is 18.0 Å². The third-order valence-corrected chi connectivity index (χ3v) is 6.20. The Morgan fingerprint density at radius 2 is 2.07 bits per heavy atom. The van der Waals surface area contributed by atoms with Crippen LogP contribution in [0.25, 0.3) is 6.08 Å². The first-order chi connectivity index (χ1) is 14.6. The van der Waals surface area contributed by atoms with Crippen LogP contribution in [0.4, 0.5) is 0 Å². The van der Waals surface area contributed by atoms with Crippen LogP contribution in [-0.2, 0) is 22.4 Å². The summed E-state index contributed by atoms with van der Waals surface area (Å²) in [7, 11) is 0. The topological polar surface area (TPSA) is 75.3 Å². The van der Waals surface area contributed by atoms with Crippen LogP contribution in [0.5, 0.6) is 0 Å². The summed E-state index contributed by atoms with van der Waals surface area (Å²) in [6.45, 7) is 3.17. The molecule has 0 spiro atoms. The van der Waals surface area contributed by atoms with Gasteiger partial charge in [0.1, 0.15) is 0 Å². The average molecular weight is 408 g/mol. The zero-order chi connectivity index (χ0) is 21.0. The number of carbonyl (C=O) groups is 2. The molecule has 1 unspecified atom stereocenters. The molecular weight excluding hydrogens is 378 g/mol. The number of fused-ring (bicyclic) bond motifs is 1. The maximum Gasteiger partial charge on any atom is 0.314 e. The summed E-state index contributed by atoms with van der Waals surface area (Å²) in [5, 5.41) is 7.32. The number of aromatic nitrogens is 2. The quantitative estimate of drug-likeness (QED) is 0.740. The molecule has 1 amide bonds. The van der Waals surface area contributed by atoms with E-state index >= 15 is 0 Å². The molecule has 0 saturated carbocycles. The van der Waals surface area contributed by atoms with E-state index in [1.807, 2.05) is 49.4 Å². The number of allylic oxidation sites excluding steroid dienone is 1. The van der Waals surface area contributed by atoms with Gasteiger partial charge in [0.15, 0.2) is 5.69 Å². The van der Waals surface area contributed by atoms with E-state index in [1.165, 1.54) is 0 Å². The number of hydrogen-bond donors (Lipinski definition) is 1. The summed E-state index contributed by atoms with van der Waals surface area (Å²) in [6.07, 6.45) is 9.00. The molecule has 2 aliphatic rings. The highest BCUT2D eigenvalue weighted by Crippen LogP contribution is 2.37. The molecule has 30 heavy (non-hydrogen) atoms. The van der Waals surface area contributed by atoms with Gasteiger partial charge in [-0.15, -0.1) is 0 Å². The maximum atomic E-state index is 13.3. The third kappa shape index (κ3) is 4.04. The lowest BCUT2D eigenvalue weighted by atomic mass is 9.76. The molecule has 6 nitrogen and oxygen atoms in total. The monoisotopic (exact) mass is 407 g/mol. The number of nitrogens with one attached hydrogen (secondary N) is 1. The van der Waals surface area contributed by atoms with Crippen molar-refractivity contribution in [3.05, 3.63) is 58.9 Å². The molecular formula is C24H29N3O3. The highest BCUT2D eigenvalue weighted by atomic mass is 16.5. The summed E-state index contributed by atoms with van der Waals surface area (Å²) < 4.78 is 5.45. The minimum Gasteiger partial charge on any atom is -0.466 e. The highest BCUT2D eigenvalue weighted by Gasteiger charge is 2.44. The number of amides is 1. The molecule has 158 valence electrons. The molecule has 0 radical (unpaired) electrons. The van der Waals surface area contributed by atoms with Crippen molar-refractivity contribution in [3.8, 4) is 0 Å². The average Bonchev–Trinajstić information content (AvgIpc) is 3.38. The zero-order valence-corrected chi connectivity index (χ0v) is 17.5. The highest BCUT2D eigenvalue weighted by molar-refractivity contribution is 5.94. The van der Waals surface area contributed by atoms with E-state index in [0.29, 0.717) is 38.2 Å². The number of esters is 1. The molecule has 2 heterocycles. The largest absolute Gasteiger partial charge is 0.466 e. The minimum atomic E-state index is -0.714. The van der Waals surface area contributed by atoms with Crippen LogP contribution in [0.3, 0.4) is 0 Å². The van der Waals surface area contributed by atoms with Crippen LogP contribution in [0.1, 0.15) is 59.9 Å². The predicted molar refractivity (Wildman–Crippen MR) is 115 cm³/mol. The summed E-state index contributed by atoms with van der Waals surface area (Å²) in [6, 6.07) is 10.0. The third-order valence-electron chi connectivity index (χ3n) is 6.20. The lowest BCUT2D eigenvalue weighted by Gasteiger charge is -2.40. The zero-order valence-electron chi connectivity index (χ0n) is 17.5. The van der Waals surface area contributed by atoms with Crippen LogP contribution in [-0.4, -0.2) is 46.7 Å². The number of aryl methyl sites for hydroxylation is 1. The Morgan fingerprint density at radius 3 is 2.87 bits per heavy atom. The van der Waals surface area contributed by atoms with Gasteiger partial charge in [0, 0.05) is 24.3 Å². The number of ether oxygens (including phenoxy) is 1. The Hall–Kier alpha value is -2.89. The van der Waals surface area contributed by atoms with Gasteiger partial charge in [0.2, 0.25) is 0 Å². The molecule has 1 aliphatic heterocycles. The van der Waals surface area contributed by atoms with Gasteiger partial charge < -0.3 is 9.64 Å². The van der Waals surface area contributed by atoms with E-state index in [9.17, 15) is 9.59 Å². The number of hydrogen-bond acceptors (Lipinski definition) is 4. The summed E-state index contributed by atoms with van der Waals surface area (Å²) >= 11 is 0. The first-order valence-corrected chi connectivity index (χ1v) is 10.9. The van der Waals surface area contributed by atoms with E-state index in [2.05, 4.69) is 10.2 Å². The van der Waals surface area contributed by atoms with Gasteiger partial charge in [-0.1, -0.05) is 42.5 Å². The van der Waals surface area contributed by atoms with Crippen LogP contribution in [0.15, 0.2) is 36.4 Å². The molecule has 1 fully saturated rings. The fraction of sp³-hybridized carbons (Fsp3) is 0.458. The lowest BCUT2D eigenvalue weighted by molar-refractivity contribution is -0.158. The second kappa shape index (κ2) is 8.86. The van der Waals surface area contributed by atoms with Gasteiger partial charge >= 0.3 is 5.97 Å². The number of likely N-dealkylation sites (tertiary alicyclic amines) is 1. The Kier molecular flexibility index (Phi) is 6.02. The first-order valence-electron chi connectivity index (χ1n) is 10.9. The van der Waals surface area contributed by atoms with Gasteiger partial charge in [-0.3, -0.25) is 14.7 Å². The van der Waals surface area contributed by atoms with Crippen molar-refractivity contribution in [2.24, 2.45) is 5.41 Å². The molecule has 4 rings (SSSR count). The fourth-order valence-electron chi connectivity index (χ4n) is 4.64. The van der Waals surface area contributed by atoms with Crippen molar-refractivity contribution in [2.45, 2.75) is 45.4 Å². The summed E-state index contributed by atoms with van der Waals surface area (Å²) in [5.74, 6) is -0.290. The Labute approximate surface area is 177 Å². The molecule has 1 aromatic carbocycles. The van der Waals surface area contributed by atoms with Crippen molar-refractivity contribution < 1.29 is 14.3 Å². The van der Waals surface area contributed by atoms with Gasteiger partial charge in [-0.25, -0.2) is 0 Å². The number of nitrogens with zero attached hydrogens (tertiary/aromatic N) is 2. The molecule has 2 aromatic rings. The van der Waals surface area contributed by atoms with Crippen LogP contribution >= 0.6 is 0 Å². The molecule has 1 aromatic heterocycles. The Bertz CT molecular complexity index is 934. The fourth-order valence-corrected chi connectivity index (χ4v) is 4.64.